The zero-order valence-corrected chi connectivity index (χ0v) is 17.5. The topological polar surface area (TPSA) is 70.5 Å². The van der Waals surface area contributed by atoms with Gasteiger partial charge in [0.05, 0.1) is 26.7 Å². The van der Waals surface area contributed by atoms with Crippen LogP contribution in [0.2, 0.25) is 0 Å². The Labute approximate surface area is 180 Å². The molecule has 0 radical (unpaired) electrons. The van der Waals surface area contributed by atoms with Crippen LogP contribution in [0.15, 0.2) is 77.4 Å². The monoisotopic (exact) mass is 432 g/mol. The van der Waals surface area contributed by atoms with Crippen LogP contribution < -0.4 is 4.90 Å². The molecule has 30 heavy (non-hydrogen) atoms. The van der Waals surface area contributed by atoms with Gasteiger partial charge in [-0.2, -0.15) is 0 Å². The molecule has 1 aliphatic rings. The number of amides is 1. The number of anilines is 1. The van der Waals surface area contributed by atoms with E-state index >= 15 is 0 Å². The molecule has 7 heteroatoms. The third-order valence-corrected chi connectivity index (χ3v) is 6.94. The first kappa shape index (κ1) is 18.7. The minimum atomic E-state index is -0.741. The highest BCUT2D eigenvalue weighted by molar-refractivity contribution is 7.22. The number of hydrogen-bond donors (Lipinski definition) is 1. The van der Waals surface area contributed by atoms with Crippen LogP contribution in [0.3, 0.4) is 0 Å². The second-order valence-electron chi connectivity index (χ2n) is 7.02. The number of benzene rings is 2. The number of fused-ring (bicyclic) bond motifs is 1. The number of rotatable bonds is 4. The van der Waals surface area contributed by atoms with Crippen LogP contribution in [0.5, 0.6) is 0 Å². The molecule has 148 valence electrons. The van der Waals surface area contributed by atoms with Crippen LogP contribution in [0.1, 0.15) is 26.8 Å². The van der Waals surface area contributed by atoms with Crippen LogP contribution in [-0.2, 0) is 4.79 Å². The molecule has 1 amide bonds. The number of nitrogens with zero attached hydrogens (tertiary/aromatic N) is 2. The first-order valence-corrected chi connectivity index (χ1v) is 11.0. The Bertz CT molecular complexity index is 1310. The van der Waals surface area contributed by atoms with E-state index in [1.807, 2.05) is 55.5 Å². The van der Waals surface area contributed by atoms with E-state index in [4.69, 9.17) is 0 Å². The summed E-state index contributed by atoms with van der Waals surface area (Å²) in [5, 5.41) is 13.0. The molecule has 2 aromatic carbocycles. The Hall–Kier alpha value is -3.29. The van der Waals surface area contributed by atoms with E-state index in [9.17, 15) is 14.7 Å². The number of thiazole rings is 1. The number of aliphatic hydroxyl groups is 1. The highest BCUT2D eigenvalue weighted by Crippen LogP contribution is 2.44. The van der Waals surface area contributed by atoms with Crippen LogP contribution in [0, 0.1) is 6.92 Å². The van der Waals surface area contributed by atoms with Crippen molar-refractivity contribution >= 4 is 49.7 Å². The second kappa shape index (κ2) is 7.19. The third-order valence-electron chi connectivity index (χ3n) is 5.05. The minimum Gasteiger partial charge on any atom is -0.503 e. The van der Waals surface area contributed by atoms with Crippen molar-refractivity contribution in [3.8, 4) is 0 Å². The smallest absolute Gasteiger partial charge is 0.296 e. The molecule has 1 N–H and O–H groups in total. The van der Waals surface area contributed by atoms with E-state index in [-0.39, 0.29) is 11.4 Å². The number of aryl methyl sites for hydroxylation is 1. The van der Waals surface area contributed by atoms with Crippen molar-refractivity contribution in [3.63, 3.8) is 0 Å². The number of aliphatic hydroxyl groups excluding tert-OH is 1. The first-order chi connectivity index (χ1) is 14.5. The van der Waals surface area contributed by atoms with Gasteiger partial charge in [-0.15, -0.1) is 11.3 Å². The van der Waals surface area contributed by atoms with Gasteiger partial charge >= 0.3 is 0 Å². The molecule has 3 heterocycles. The molecule has 5 rings (SSSR count). The standard InChI is InChI=1S/C23H16N2O3S2/c1-13-9-10-15-17(12-13)30-23(24-15)25-19(14-6-3-2-4-7-14)18(21(27)22(25)28)20(26)16-8-5-11-29-16/h2-12,19,27H,1H3. The molecule has 0 saturated carbocycles. The summed E-state index contributed by atoms with van der Waals surface area (Å²) >= 11 is 2.65. The van der Waals surface area contributed by atoms with Gasteiger partial charge in [0, 0.05) is 0 Å². The summed E-state index contributed by atoms with van der Waals surface area (Å²) < 4.78 is 0.946. The van der Waals surface area contributed by atoms with Gasteiger partial charge in [-0.1, -0.05) is 53.8 Å². The zero-order chi connectivity index (χ0) is 20.8. The molecule has 2 aromatic heterocycles. The van der Waals surface area contributed by atoms with Gasteiger partial charge in [0.1, 0.15) is 0 Å². The number of hydrogen-bond acceptors (Lipinski definition) is 6. The SMILES string of the molecule is Cc1ccc2nc(N3C(=O)C(O)=C(C(=O)c4cccs4)C3c3ccccc3)sc2c1. The second-order valence-corrected chi connectivity index (χ2v) is 8.98. The van der Waals surface area contributed by atoms with Crippen molar-refractivity contribution in [2.45, 2.75) is 13.0 Å². The molecule has 1 unspecified atom stereocenters. The van der Waals surface area contributed by atoms with Gasteiger partial charge in [-0.25, -0.2) is 4.98 Å². The van der Waals surface area contributed by atoms with Gasteiger partial charge < -0.3 is 5.11 Å². The lowest BCUT2D eigenvalue weighted by Crippen LogP contribution is -2.30. The normalized spacial score (nSPS) is 16.6. The molecule has 0 fully saturated rings. The van der Waals surface area contributed by atoms with Crippen molar-refractivity contribution in [1.29, 1.82) is 0 Å². The summed E-state index contributed by atoms with van der Waals surface area (Å²) in [6.07, 6.45) is 0. The Morgan fingerprint density at radius 1 is 1.10 bits per heavy atom. The zero-order valence-electron chi connectivity index (χ0n) is 15.9. The average Bonchev–Trinajstić information content (AvgIpc) is 3.47. The maximum Gasteiger partial charge on any atom is 0.296 e. The molecular formula is C23H16N2O3S2. The molecule has 0 aliphatic carbocycles. The highest BCUT2D eigenvalue weighted by Gasteiger charge is 2.46. The minimum absolute atomic E-state index is 0.0871. The largest absolute Gasteiger partial charge is 0.503 e. The van der Waals surface area contributed by atoms with Crippen LogP contribution in [-0.4, -0.2) is 21.8 Å². The quantitative estimate of drug-likeness (QED) is 0.435. The number of carbonyl (C=O) groups excluding carboxylic acids is 2. The Balaban J connectivity index is 1.68. The van der Waals surface area contributed by atoms with Crippen molar-refractivity contribution in [2.24, 2.45) is 0 Å². The van der Waals surface area contributed by atoms with Crippen molar-refractivity contribution in [2.75, 3.05) is 4.90 Å². The summed E-state index contributed by atoms with van der Waals surface area (Å²) in [4.78, 5) is 32.9. The highest BCUT2D eigenvalue weighted by atomic mass is 32.1. The van der Waals surface area contributed by atoms with Gasteiger partial charge in [-0.05, 0) is 41.6 Å². The molecule has 0 spiro atoms. The molecular weight excluding hydrogens is 416 g/mol. The Kier molecular flexibility index (Phi) is 4.49. The van der Waals surface area contributed by atoms with Crippen molar-refractivity contribution in [1.82, 2.24) is 4.98 Å². The van der Waals surface area contributed by atoms with E-state index in [0.717, 1.165) is 21.3 Å². The lowest BCUT2D eigenvalue weighted by molar-refractivity contribution is -0.117. The lowest BCUT2D eigenvalue weighted by Gasteiger charge is -2.24. The van der Waals surface area contributed by atoms with Gasteiger partial charge in [-0.3, -0.25) is 14.5 Å². The number of thiophene rings is 1. The molecule has 1 aliphatic heterocycles. The maximum atomic E-state index is 13.2. The van der Waals surface area contributed by atoms with Crippen molar-refractivity contribution < 1.29 is 14.7 Å². The van der Waals surface area contributed by atoms with E-state index < -0.39 is 17.7 Å². The van der Waals surface area contributed by atoms with E-state index in [1.165, 1.54) is 27.6 Å². The molecule has 1 atom stereocenters. The van der Waals surface area contributed by atoms with Gasteiger partial charge in [0.15, 0.2) is 10.9 Å². The number of ketones is 1. The summed E-state index contributed by atoms with van der Waals surface area (Å²) in [6, 6.07) is 17.9. The number of Topliss-reactive ketones (excluding diaryl/α,β-unsaturated/α-hetero) is 1. The van der Waals surface area contributed by atoms with E-state index in [0.29, 0.717) is 10.0 Å². The number of aromatic nitrogens is 1. The maximum absolute atomic E-state index is 13.2. The van der Waals surface area contributed by atoms with E-state index in [2.05, 4.69) is 4.98 Å². The summed E-state index contributed by atoms with van der Waals surface area (Å²) in [7, 11) is 0. The van der Waals surface area contributed by atoms with Crippen molar-refractivity contribution in [3.05, 3.63) is 93.4 Å². The fourth-order valence-corrected chi connectivity index (χ4v) is 5.42. The predicted molar refractivity (Wildman–Crippen MR) is 119 cm³/mol. The molecule has 0 bridgehead atoms. The van der Waals surface area contributed by atoms with Crippen LogP contribution >= 0.6 is 22.7 Å². The first-order valence-electron chi connectivity index (χ1n) is 9.31. The fourth-order valence-electron chi connectivity index (χ4n) is 3.65. The van der Waals surface area contributed by atoms with E-state index in [1.54, 1.807) is 17.5 Å². The number of carbonyl (C=O) groups is 2. The molecule has 4 aromatic rings. The summed E-state index contributed by atoms with van der Waals surface area (Å²) in [6.45, 7) is 2.00. The molecule has 5 nitrogen and oxygen atoms in total. The lowest BCUT2D eigenvalue weighted by atomic mass is 9.96. The van der Waals surface area contributed by atoms with Crippen LogP contribution in [0.25, 0.3) is 10.2 Å². The van der Waals surface area contributed by atoms with Gasteiger partial charge in [0.25, 0.3) is 5.91 Å². The average molecular weight is 433 g/mol. The predicted octanol–water partition coefficient (Wildman–Crippen LogP) is 5.45. The van der Waals surface area contributed by atoms with Gasteiger partial charge in [0.2, 0.25) is 5.78 Å². The Morgan fingerprint density at radius 2 is 1.90 bits per heavy atom. The Morgan fingerprint density at radius 3 is 2.63 bits per heavy atom. The fraction of sp³-hybridized carbons (Fsp3) is 0.0870. The summed E-state index contributed by atoms with van der Waals surface area (Å²) in [5.41, 5.74) is 2.70. The summed E-state index contributed by atoms with van der Waals surface area (Å²) in [5.74, 6) is -1.47. The third kappa shape index (κ3) is 2.94. The van der Waals surface area contributed by atoms with Crippen LogP contribution in [0.4, 0.5) is 5.13 Å². The molecule has 0 saturated heterocycles.